The van der Waals surface area contributed by atoms with Crippen molar-refractivity contribution in [1.29, 1.82) is 0 Å². The summed E-state index contributed by atoms with van der Waals surface area (Å²) in [5, 5.41) is 0. The van der Waals surface area contributed by atoms with Crippen LogP contribution in [0.3, 0.4) is 0 Å². The zero-order valence-electron chi connectivity index (χ0n) is 20.4. The van der Waals surface area contributed by atoms with Crippen LogP contribution in [-0.2, 0) is 21.2 Å². The number of methoxy groups -OCH3 is 1. The number of nitrogens with one attached hydrogen (secondary N) is 1. The molecule has 0 spiro atoms. The lowest BCUT2D eigenvalue weighted by Gasteiger charge is -2.37. The van der Waals surface area contributed by atoms with Crippen LogP contribution in [0.25, 0.3) is 0 Å². The molecule has 1 fully saturated rings. The van der Waals surface area contributed by atoms with E-state index < -0.39 is 16.1 Å². The van der Waals surface area contributed by atoms with Crippen LogP contribution in [-0.4, -0.2) is 58.6 Å². The normalized spacial score (nSPS) is 15.0. The molecule has 9 heteroatoms. The SMILES string of the molecule is COc1ccc(S(=O)(=O)N[C@@H](Cc2ccccc2)C(=O)N2CCN(c3ccccc3F)CC2)cc1C. The van der Waals surface area contributed by atoms with Crippen molar-refractivity contribution < 1.29 is 22.3 Å². The van der Waals surface area contributed by atoms with E-state index >= 15 is 0 Å². The van der Waals surface area contributed by atoms with Gasteiger partial charge >= 0.3 is 0 Å². The van der Waals surface area contributed by atoms with E-state index in [-0.39, 0.29) is 23.0 Å². The molecule has 1 aliphatic heterocycles. The van der Waals surface area contributed by atoms with Gasteiger partial charge in [0.2, 0.25) is 15.9 Å². The Morgan fingerprint density at radius 1 is 1.00 bits per heavy atom. The maximum absolute atomic E-state index is 14.2. The first-order valence-corrected chi connectivity index (χ1v) is 13.3. The van der Waals surface area contributed by atoms with E-state index in [0.717, 1.165) is 5.56 Å². The van der Waals surface area contributed by atoms with Crippen LogP contribution in [0.1, 0.15) is 11.1 Å². The van der Waals surface area contributed by atoms with Crippen LogP contribution in [0, 0.1) is 12.7 Å². The number of aryl methyl sites for hydroxylation is 1. The number of anilines is 1. The van der Waals surface area contributed by atoms with Crippen LogP contribution in [0.15, 0.2) is 77.7 Å². The Labute approximate surface area is 211 Å². The number of piperazine rings is 1. The summed E-state index contributed by atoms with van der Waals surface area (Å²) >= 11 is 0. The van der Waals surface area contributed by atoms with Gasteiger partial charge in [-0.1, -0.05) is 42.5 Å². The summed E-state index contributed by atoms with van der Waals surface area (Å²) in [6.07, 6.45) is 0.210. The fourth-order valence-electron chi connectivity index (χ4n) is 4.40. The Morgan fingerprint density at radius 2 is 1.67 bits per heavy atom. The number of hydrogen-bond acceptors (Lipinski definition) is 5. The Kier molecular flexibility index (Phi) is 7.91. The molecule has 0 saturated carbocycles. The van der Waals surface area contributed by atoms with Gasteiger partial charge in [0, 0.05) is 26.2 Å². The molecule has 0 aliphatic carbocycles. The highest BCUT2D eigenvalue weighted by Crippen LogP contribution is 2.23. The van der Waals surface area contributed by atoms with Crippen LogP contribution in [0.4, 0.5) is 10.1 Å². The lowest BCUT2D eigenvalue weighted by Crippen LogP contribution is -2.55. The summed E-state index contributed by atoms with van der Waals surface area (Å²) in [6.45, 7) is 3.40. The minimum atomic E-state index is -3.98. The van der Waals surface area contributed by atoms with Crippen molar-refractivity contribution in [2.75, 3.05) is 38.2 Å². The van der Waals surface area contributed by atoms with Gasteiger partial charge in [0.05, 0.1) is 17.7 Å². The number of hydrogen-bond donors (Lipinski definition) is 1. The molecule has 7 nitrogen and oxygen atoms in total. The first-order valence-electron chi connectivity index (χ1n) is 11.8. The van der Waals surface area contributed by atoms with Crippen molar-refractivity contribution in [3.05, 3.63) is 89.7 Å². The summed E-state index contributed by atoms with van der Waals surface area (Å²) in [4.78, 5) is 17.2. The Hall–Kier alpha value is -3.43. The highest BCUT2D eigenvalue weighted by molar-refractivity contribution is 7.89. The van der Waals surface area contributed by atoms with Gasteiger partial charge in [0.25, 0.3) is 0 Å². The molecule has 3 aromatic rings. The average Bonchev–Trinajstić information content (AvgIpc) is 2.89. The molecule has 0 unspecified atom stereocenters. The Balaban J connectivity index is 1.53. The van der Waals surface area contributed by atoms with Gasteiger partial charge in [-0.2, -0.15) is 4.72 Å². The van der Waals surface area contributed by atoms with Gasteiger partial charge < -0.3 is 14.5 Å². The largest absolute Gasteiger partial charge is 0.496 e. The van der Waals surface area contributed by atoms with E-state index in [1.165, 1.54) is 25.3 Å². The Morgan fingerprint density at radius 3 is 2.31 bits per heavy atom. The quantitative estimate of drug-likeness (QED) is 0.502. The predicted octanol–water partition coefficient (Wildman–Crippen LogP) is 3.38. The summed E-state index contributed by atoms with van der Waals surface area (Å²) < 4.78 is 48.6. The lowest BCUT2D eigenvalue weighted by molar-refractivity contribution is -0.133. The van der Waals surface area contributed by atoms with Crippen molar-refractivity contribution in [1.82, 2.24) is 9.62 Å². The number of sulfonamides is 1. The van der Waals surface area contributed by atoms with Crippen molar-refractivity contribution in [2.45, 2.75) is 24.3 Å². The number of carbonyl (C=O) groups excluding carboxylic acids is 1. The fraction of sp³-hybridized carbons (Fsp3) is 0.296. The van der Waals surface area contributed by atoms with Gasteiger partial charge in [-0.05, 0) is 54.8 Å². The molecule has 0 aromatic heterocycles. The van der Waals surface area contributed by atoms with Crippen molar-refractivity contribution in [2.24, 2.45) is 0 Å². The minimum Gasteiger partial charge on any atom is -0.496 e. The van der Waals surface area contributed by atoms with Crippen LogP contribution in [0.5, 0.6) is 5.75 Å². The molecule has 190 valence electrons. The fourth-order valence-corrected chi connectivity index (χ4v) is 5.67. The summed E-state index contributed by atoms with van der Waals surface area (Å²) in [6, 6.07) is 19.5. The van der Waals surface area contributed by atoms with Crippen molar-refractivity contribution in [3.8, 4) is 5.75 Å². The van der Waals surface area contributed by atoms with Crippen molar-refractivity contribution >= 4 is 21.6 Å². The molecule has 0 bridgehead atoms. The smallest absolute Gasteiger partial charge is 0.241 e. The van der Waals surface area contributed by atoms with E-state index in [2.05, 4.69) is 4.72 Å². The summed E-state index contributed by atoms with van der Waals surface area (Å²) in [5.74, 6) is -0.0267. The first-order chi connectivity index (χ1) is 17.3. The van der Waals surface area contributed by atoms with Crippen LogP contribution >= 0.6 is 0 Å². The van der Waals surface area contributed by atoms with Gasteiger partial charge in [0.1, 0.15) is 17.6 Å². The zero-order valence-corrected chi connectivity index (χ0v) is 21.2. The maximum atomic E-state index is 14.2. The predicted molar refractivity (Wildman–Crippen MR) is 137 cm³/mol. The second kappa shape index (κ2) is 11.1. The highest BCUT2D eigenvalue weighted by atomic mass is 32.2. The minimum absolute atomic E-state index is 0.0658. The molecule has 1 amide bonds. The van der Waals surface area contributed by atoms with Gasteiger partial charge in [-0.25, -0.2) is 12.8 Å². The summed E-state index contributed by atoms with van der Waals surface area (Å²) in [5.41, 5.74) is 2.02. The highest BCUT2D eigenvalue weighted by Gasteiger charge is 2.32. The monoisotopic (exact) mass is 511 g/mol. The van der Waals surface area contributed by atoms with E-state index in [4.69, 9.17) is 4.74 Å². The number of amides is 1. The molecule has 1 atom stereocenters. The summed E-state index contributed by atoms with van der Waals surface area (Å²) in [7, 11) is -2.46. The van der Waals surface area contributed by atoms with Crippen LogP contribution in [0.2, 0.25) is 0 Å². The average molecular weight is 512 g/mol. The van der Waals surface area contributed by atoms with Crippen LogP contribution < -0.4 is 14.4 Å². The lowest BCUT2D eigenvalue weighted by atomic mass is 10.1. The van der Waals surface area contributed by atoms with E-state index in [1.807, 2.05) is 35.2 Å². The number of halogens is 1. The topological polar surface area (TPSA) is 78.9 Å². The molecule has 3 aromatic carbocycles. The van der Waals surface area contributed by atoms with Crippen molar-refractivity contribution in [3.63, 3.8) is 0 Å². The molecule has 36 heavy (non-hydrogen) atoms. The third-order valence-corrected chi connectivity index (χ3v) is 7.81. The second-order valence-electron chi connectivity index (χ2n) is 8.76. The van der Waals surface area contributed by atoms with Gasteiger partial charge in [0.15, 0.2) is 0 Å². The number of ether oxygens (including phenoxy) is 1. The third-order valence-electron chi connectivity index (χ3n) is 6.34. The van der Waals surface area contributed by atoms with Gasteiger partial charge in [-0.3, -0.25) is 4.79 Å². The second-order valence-corrected chi connectivity index (χ2v) is 10.5. The molecular weight excluding hydrogens is 481 g/mol. The standard InChI is InChI=1S/C27H30FN3O4S/c1-20-18-22(12-13-26(20)35-2)36(33,34)29-24(19-21-8-4-3-5-9-21)27(32)31-16-14-30(15-17-31)25-11-7-6-10-23(25)28/h3-13,18,24,29H,14-17,19H2,1-2H3/t24-/m0/s1. The molecule has 1 saturated heterocycles. The van der Waals surface area contributed by atoms with E-state index in [9.17, 15) is 17.6 Å². The number of carbonyl (C=O) groups is 1. The molecule has 1 aliphatic rings. The molecular formula is C27H30FN3O4S. The molecule has 1 heterocycles. The Bertz CT molecular complexity index is 1310. The third kappa shape index (κ3) is 5.85. The first kappa shape index (κ1) is 25.7. The van der Waals surface area contributed by atoms with Gasteiger partial charge in [-0.15, -0.1) is 0 Å². The number of para-hydroxylation sites is 1. The molecule has 0 radical (unpaired) electrons. The molecule has 1 N–H and O–H groups in total. The number of rotatable bonds is 8. The maximum Gasteiger partial charge on any atom is 0.241 e. The zero-order chi connectivity index (χ0) is 25.7. The van der Waals surface area contributed by atoms with E-state index in [0.29, 0.717) is 43.2 Å². The number of benzene rings is 3. The molecule has 4 rings (SSSR count). The number of nitrogens with zero attached hydrogens (tertiary/aromatic N) is 2. The van der Waals surface area contributed by atoms with E-state index in [1.54, 1.807) is 36.1 Å².